The van der Waals surface area contributed by atoms with Gasteiger partial charge in [0, 0.05) is 43.4 Å². The first-order valence-corrected chi connectivity index (χ1v) is 7.09. The fourth-order valence-electron chi connectivity index (χ4n) is 3.57. The molecule has 0 bridgehead atoms. The molecular weight excluding hydrogens is 224 g/mol. The molecule has 2 saturated heterocycles. The molecule has 0 amide bonds. The van der Waals surface area contributed by atoms with E-state index in [-0.39, 0.29) is 0 Å². The Morgan fingerprint density at radius 1 is 1.33 bits per heavy atom. The van der Waals surface area contributed by atoms with Crippen LogP contribution in [0.5, 0.6) is 0 Å². The summed E-state index contributed by atoms with van der Waals surface area (Å²) >= 11 is 0. The summed E-state index contributed by atoms with van der Waals surface area (Å²) in [7, 11) is 0. The van der Waals surface area contributed by atoms with E-state index in [1.165, 1.54) is 24.1 Å². The zero-order valence-electron chi connectivity index (χ0n) is 10.7. The van der Waals surface area contributed by atoms with Gasteiger partial charge in [-0.15, -0.1) is 0 Å². The third-order valence-electron chi connectivity index (χ3n) is 4.59. The van der Waals surface area contributed by atoms with Crippen molar-refractivity contribution in [3.8, 4) is 0 Å². The first-order valence-electron chi connectivity index (χ1n) is 7.09. The SMILES string of the molecule is C1=CN2CCNCC3=CCCC(=C32)C1C1COC1. The molecule has 2 fully saturated rings. The Hall–Kier alpha value is -1.06. The van der Waals surface area contributed by atoms with Crippen molar-refractivity contribution in [2.24, 2.45) is 11.8 Å². The Kier molecular flexibility index (Phi) is 2.55. The van der Waals surface area contributed by atoms with E-state index in [4.69, 9.17) is 4.74 Å². The number of nitrogens with zero attached hydrogens (tertiary/aromatic N) is 1. The van der Waals surface area contributed by atoms with E-state index in [0.29, 0.717) is 5.92 Å². The van der Waals surface area contributed by atoms with Gasteiger partial charge in [-0.3, -0.25) is 0 Å². The average molecular weight is 244 g/mol. The summed E-state index contributed by atoms with van der Waals surface area (Å²) in [6.07, 6.45) is 9.61. The summed E-state index contributed by atoms with van der Waals surface area (Å²) in [5.74, 6) is 1.35. The molecule has 3 heteroatoms. The standard InChI is InChI=1S/C15H20N2O/c1-2-11-8-16-5-7-17-6-4-13(12-9-18-10-12)14(3-1)15(11)17/h2,4,6,12-13,16H,1,3,5,7-10H2. The van der Waals surface area contributed by atoms with E-state index in [2.05, 4.69) is 28.6 Å². The van der Waals surface area contributed by atoms with Crippen LogP contribution in [0.15, 0.2) is 35.2 Å². The van der Waals surface area contributed by atoms with Crippen molar-refractivity contribution >= 4 is 0 Å². The van der Waals surface area contributed by atoms with Gasteiger partial charge in [0.15, 0.2) is 0 Å². The topological polar surface area (TPSA) is 24.5 Å². The van der Waals surface area contributed by atoms with Crippen molar-refractivity contribution in [3.63, 3.8) is 0 Å². The summed E-state index contributed by atoms with van der Waals surface area (Å²) < 4.78 is 5.39. The third kappa shape index (κ3) is 1.57. The van der Waals surface area contributed by atoms with E-state index in [1.54, 1.807) is 5.57 Å². The predicted octanol–water partition coefficient (Wildman–Crippen LogP) is 1.66. The highest BCUT2D eigenvalue weighted by Crippen LogP contribution is 2.41. The molecule has 1 aliphatic carbocycles. The Labute approximate surface area is 108 Å². The highest BCUT2D eigenvalue weighted by Gasteiger charge is 2.35. The summed E-state index contributed by atoms with van der Waals surface area (Å²) in [5, 5.41) is 3.53. The van der Waals surface area contributed by atoms with Crippen LogP contribution in [0.3, 0.4) is 0 Å². The first-order chi connectivity index (χ1) is 8.93. The molecule has 1 unspecified atom stereocenters. The average Bonchev–Trinajstić information content (AvgIpc) is 2.54. The van der Waals surface area contributed by atoms with Gasteiger partial charge >= 0.3 is 0 Å². The van der Waals surface area contributed by atoms with E-state index in [0.717, 1.165) is 38.8 Å². The Morgan fingerprint density at radius 3 is 3.11 bits per heavy atom. The van der Waals surface area contributed by atoms with Gasteiger partial charge in [0.1, 0.15) is 0 Å². The first kappa shape index (κ1) is 10.8. The minimum absolute atomic E-state index is 0.631. The number of ether oxygens (including phenoxy) is 1. The van der Waals surface area contributed by atoms with E-state index >= 15 is 0 Å². The van der Waals surface area contributed by atoms with Crippen LogP contribution in [-0.4, -0.2) is 37.7 Å². The maximum absolute atomic E-state index is 5.39. The van der Waals surface area contributed by atoms with Gasteiger partial charge in [-0.1, -0.05) is 12.2 Å². The van der Waals surface area contributed by atoms with Crippen LogP contribution in [0, 0.1) is 11.8 Å². The van der Waals surface area contributed by atoms with Crippen molar-refractivity contribution in [2.75, 3.05) is 32.8 Å². The monoisotopic (exact) mass is 244 g/mol. The molecule has 0 saturated carbocycles. The Balaban J connectivity index is 1.74. The van der Waals surface area contributed by atoms with Gasteiger partial charge in [0.05, 0.1) is 13.2 Å². The molecule has 3 nitrogen and oxygen atoms in total. The summed E-state index contributed by atoms with van der Waals surface area (Å²) in [4.78, 5) is 2.45. The summed E-state index contributed by atoms with van der Waals surface area (Å²) in [6, 6.07) is 0. The fourth-order valence-corrected chi connectivity index (χ4v) is 3.57. The lowest BCUT2D eigenvalue weighted by Crippen LogP contribution is -2.38. The third-order valence-corrected chi connectivity index (χ3v) is 4.59. The summed E-state index contributed by atoms with van der Waals surface area (Å²) in [6.45, 7) is 5.11. The van der Waals surface area contributed by atoms with Crippen molar-refractivity contribution < 1.29 is 4.74 Å². The van der Waals surface area contributed by atoms with Gasteiger partial charge < -0.3 is 15.0 Å². The molecule has 96 valence electrons. The molecule has 0 spiro atoms. The van der Waals surface area contributed by atoms with Crippen LogP contribution < -0.4 is 5.32 Å². The van der Waals surface area contributed by atoms with Crippen LogP contribution in [0.25, 0.3) is 0 Å². The van der Waals surface area contributed by atoms with Crippen LogP contribution in [0.1, 0.15) is 12.8 Å². The van der Waals surface area contributed by atoms with Crippen molar-refractivity contribution in [2.45, 2.75) is 12.8 Å². The molecule has 0 aromatic heterocycles. The zero-order valence-corrected chi connectivity index (χ0v) is 10.7. The molecule has 0 aromatic carbocycles. The lowest BCUT2D eigenvalue weighted by Gasteiger charge is -2.41. The number of hydrogen-bond acceptors (Lipinski definition) is 3. The van der Waals surface area contributed by atoms with E-state index in [1.807, 2.05) is 0 Å². The predicted molar refractivity (Wildman–Crippen MR) is 70.9 cm³/mol. The van der Waals surface area contributed by atoms with E-state index < -0.39 is 0 Å². The largest absolute Gasteiger partial charge is 0.381 e. The van der Waals surface area contributed by atoms with Gasteiger partial charge in [0.2, 0.25) is 0 Å². The quantitative estimate of drug-likeness (QED) is 0.759. The molecule has 4 rings (SSSR count). The molecule has 3 aliphatic heterocycles. The van der Waals surface area contributed by atoms with Gasteiger partial charge in [-0.2, -0.15) is 0 Å². The smallest absolute Gasteiger partial charge is 0.0525 e. The lowest BCUT2D eigenvalue weighted by molar-refractivity contribution is -0.0466. The Morgan fingerprint density at radius 2 is 2.28 bits per heavy atom. The van der Waals surface area contributed by atoms with Crippen LogP contribution >= 0.6 is 0 Å². The highest BCUT2D eigenvalue weighted by atomic mass is 16.5. The number of nitrogens with one attached hydrogen (secondary N) is 1. The summed E-state index contributed by atoms with van der Waals surface area (Å²) in [5.41, 5.74) is 4.72. The molecule has 18 heavy (non-hydrogen) atoms. The number of rotatable bonds is 1. The second kappa shape index (κ2) is 4.25. The van der Waals surface area contributed by atoms with Crippen LogP contribution in [-0.2, 0) is 4.74 Å². The van der Waals surface area contributed by atoms with Gasteiger partial charge in [0.25, 0.3) is 0 Å². The van der Waals surface area contributed by atoms with E-state index in [9.17, 15) is 0 Å². The molecule has 0 aromatic rings. The minimum atomic E-state index is 0.631. The maximum Gasteiger partial charge on any atom is 0.0525 e. The van der Waals surface area contributed by atoms with Crippen molar-refractivity contribution in [3.05, 3.63) is 35.2 Å². The highest BCUT2D eigenvalue weighted by molar-refractivity contribution is 5.44. The normalized spacial score (nSPS) is 31.7. The van der Waals surface area contributed by atoms with Gasteiger partial charge in [-0.25, -0.2) is 0 Å². The fraction of sp³-hybridized carbons (Fsp3) is 0.600. The lowest BCUT2D eigenvalue weighted by atomic mass is 9.77. The Bertz CT molecular complexity index is 445. The van der Waals surface area contributed by atoms with Crippen molar-refractivity contribution in [1.29, 1.82) is 0 Å². The molecule has 1 atom stereocenters. The number of allylic oxidation sites excluding steroid dienone is 3. The van der Waals surface area contributed by atoms with Gasteiger partial charge in [-0.05, 0) is 24.0 Å². The van der Waals surface area contributed by atoms with Crippen molar-refractivity contribution in [1.82, 2.24) is 10.2 Å². The minimum Gasteiger partial charge on any atom is -0.381 e. The molecule has 3 heterocycles. The molecular formula is C15H20N2O. The molecule has 4 aliphatic rings. The second-order valence-corrected chi connectivity index (χ2v) is 5.68. The number of hydrogen-bond donors (Lipinski definition) is 1. The van der Waals surface area contributed by atoms with Crippen LogP contribution in [0.2, 0.25) is 0 Å². The maximum atomic E-state index is 5.39. The second-order valence-electron chi connectivity index (χ2n) is 5.68. The van der Waals surface area contributed by atoms with Crippen LogP contribution in [0.4, 0.5) is 0 Å². The zero-order chi connectivity index (χ0) is 11.9. The molecule has 1 N–H and O–H groups in total. The molecule has 0 radical (unpaired) electrons.